The van der Waals surface area contributed by atoms with Crippen LogP contribution in [0.4, 0.5) is 5.69 Å². The predicted molar refractivity (Wildman–Crippen MR) is 134 cm³/mol. The van der Waals surface area contributed by atoms with Gasteiger partial charge in [0.25, 0.3) is 0 Å². The Kier molecular flexibility index (Phi) is 7.86. The lowest BCUT2D eigenvalue weighted by atomic mass is 9.81. The number of hydrogen-bond acceptors (Lipinski definition) is 11. The van der Waals surface area contributed by atoms with Crippen molar-refractivity contribution in [3.8, 4) is 6.07 Å². The summed E-state index contributed by atoms with van der Waals surface area (Å²) < 4.78 is 58.9. The maximum atomic E-state index is 13.2. The fourth-order valence-electron chi connectivity index (χ4n) is 3.91. The van der Waals surface area contributed by atoms with Gasteiger partial charge in [0.05, 0.1) is 48.1 Å². The molecule has 1 atom stereocenters. The molecule has 16 heteroatoms. The molecule has 0 amide bonds. The van der Waals surface area contributed by atoms with Crippen LogP contribution in [0.1, 0.15) is 11.5 Å². The normalized spacial score (nSPS) is 16.2. The van der Waals surface area contributed by atoms with Gasteiger partial charge in [-0.2, -0.15) is 5.26 Å². The number of ether oxygens (including phenoxy) is 2. The highest BCUT2D eigenvalue weighted by Crippen LogP contribution is 2.45. The first-order valence-corrected chi connectivity index (χ1v) is 13.7. The van der Waals surface area contributed by atoms with Gasteiger partial charge >= 0.3 is 11.9 Å². The Bertz CT molecular complexity index is 1660. The first-order valence-electron chi connectivity index (χ1n) is 10.2. The van der Waals surface area contributed by atoms with Gasteiger partial charge in [-0.25, -0.2) is 36.7 Å². The molecule has 3 rings (SSSR count). The van der Waals surface area contributed by atoms with Gasteiger partial charge in [-0.1, -0.05) is 41.9 Å². The number of rotatable bonds is 6. The molecule has 1 aliphatic rings. The number of allylic oxidation sites excluding steroid dienone is 1. The highest BCUT2D eigenvalue weighted by molar-refractivity contribution is 7.90. The van der Waals surface area contributed by atoms with E-state index in [-0.39, 0.29) is 5.57 Å². The summed E-state index contributed by atoms with van der Waals surface area (Å²) in [6.45, 7) is 0. The summed E-state index contributed by atoms with van der Waals surface area (Å²) in [4.78, 5) is 25.3. The number of hydrogen-bond donors (Lipinski definition) is 3. The molecule has 1 aliphatic heterocycles. The van der Waals surface area contributed by atoms with E-state index >= 15 is 0 Å². The number of nitrogens with two attached hydrogens (primary N) is 3. The summed E-state index contributed by atoms with van der Waals surface area (Å²) in [5.74, 6) is -4.00. The Morgan fingerprint density at radius 2 is 1.53 bits per heavy atom. The molecule has 2 aromatic carbocycles. The first kappa shape index (κ1) is 28.6. The summed E-state index contributed by atoms with van der Waals surface area (Å²) >= 11 is 6.12. The van der Waals surface area contributed by atoms with E-state index in [0.717, 1.165) is 20.3 Å². The van der Waals surface area contributed by atoms with Crippen molar-refractivity contribution in [2.24, 2.45) is 16.0 Å². The number of halogens is 1. The highest BCUT2D eigenvalue weighted by Gasteiger charge is 2.44. The molecule has 2 aromatic rings. The predicted octanol–water partition coefficient (Wildman–Crippen LogP) is 0.533. The molecule has 1 unspecified atom stereocenters. The lowest BCUT2D eigenvalue weighted by Gasteiger charge is -2.36. The number of nitrogens with zero attached hydrogens (tertiary/aromatic N) is 2. The molecule has 0 radical (unpaired) electrons. The minimum absolute atomic E-state index is 0.281. The van der Waals surface area contributed by atoms with E-state index < -0.39 is 75.5 Å². The van der Waals surface area contributed by atoms with Crippen LogP contribution in [-0.2, 0) is 39.1 Å². The van der Waals surface area contributed by atoms with E-state index in [4.69, 9.17) is 37.1 Å². The molecule has 0 saturated carbocycles. The molecule has 200 valence electrons. The van der Waals surface area contributed by atoms with Gasteiger partial charge in [-0.3, -0.25) is 4.90 Å². The van der Waals surface area contributed by atoms with Gasteiger partial charge in [0.15, 0.2) is 0 Å². The minimum atomic E-state index is -4.77. The van der Waals surface area contributed by atoms with Gasteiger partial charge < -0.3 is 15.2 Å². The summed E-state index contributed by atoms with van der Waals surface area (Å²) in [5.41, 5.74) is 4.79. The topological polar surface area (TPSA) is 226 Å². The van der Waals surface area contributed by atoms with Crippen LogP contribution in [0.2, 0.25) is 5.02 Å². The standard InChI is InChI=1S/C22H20ClN5O8S2/c1-35-21(29)18-17(11-6-4-3-5-7-11)12(10-24)20(25)28(19(18)22(30)36-2)14-8-13(23)15(37(26,31)32)9-16(14)38(27,33)34/h3-9,17H,25H2,1-2H3,(H2,26,31,32)(H2,27,33,34). The average molecular weight is 582 g/mol. The van der Waals surface area contributed by atoms with Crippen LogP contribution in [0.5, 0.6) is 0 Å². The molecular weight excluding hydrogens is 562 g/mol. The summed E-state index contributed by atoms with van der Waals surface area (Å²) in [6.07, 6.45) is 0. The molecule has 0 saturated heterocycles. The van der Waals surface area contributed by atoms with Gasteiger partial charge in [0.1, 0.15) is 21.3 Å². The Hall–Kier alpha value is -3.94. The summed E-state index contributed by atoms with van der Waals surface area (Å²) in [5, 5.41) is 20.0. The molecule has 0 fully saturated rings. The van der Waals surface area contributed by atoms with Crippen LogP contribution in [0.25, 0.3) is 0 Å². The van der Waals surface area contributed by atoms with Crippen LogP contribution in [0.15, 0.2) is 74.9 Å². The monoisotopic (exact) mass is 581 g/mol. The van der Waals surface area contributed by atoms with Crippen LogP contribution in [0, 0.1) is 11.3 Å². The number of benzene rings is 2. The largest absolute Gasteiger partial charge is 0.466 e. The SMILES string of the molecule is COC(=O)C1=C(C(=O)OC)N(c2cc(Cl)c(S(N)(=O)=O)cc2S(N)(=O)=O)C(N)=C(C#N)C1c1ccccc1. The van der Waals surface area contributed by atoms with Crippen molar-refractivity contribution in [1.82, 2.24) is 0 Å². The van der Waals surface area contributed by atoms with E-state index in [0.29, 0.717) is 16.5 Å². The zero-order valence-corrected chi connectivity index (χ0v) is 22.1. The number of carbonyl (C=O) groups is 2. The molecule has 6 N–H and O–H groups in total. The maximum Gasteiger partial charge on any atom is 0.355 e. The Balaban J connectivity index is 2.59. The third-order valence-electron chi connectivity index (χ3n) is 5.48. The number of sulfonamides is 2. The van der Waals surface area contributed by atoms with Gasteiger partial charge in [0.2, 0.25) is 20.0 Å². The van der Waals surface area contributed by atoms with Crippen LogP contribution in [-0.4, -0.2) is 43.0 Å². The van der Waals surface area contributed by atoms with Gasteiger partial charge in [-0.15, -0.1) is 0 Å². The van der Waals surface area contributed by atoms with Crippen LogP contribution in [0.3, 0.4) is 0 Å². The van der Waals surface area contributed by atoms with Crippen molar-refractivity contribution in [3.05, 3.63) is 75.7 Å². The van der Waals surface area contributed by atoms with Crippen molar-refractivity contribution < 1.29 is 35.9 Å². The number of methoxy groups -OCH3 is 2. The fraction of sp³-hybridized carbons (Fsp3) is 0.136. The molecule has 0 bridgehead atoms. The maximum absolute atomic E-state index is 13.2. The fourth-order valence-corrected chi connectivity index (χ4v) is 5.80. The van der Waals surface area contributed by atoms with Crippen LogP contribution >= 0.6 is 11.6 Å². The number of esters is 2. The minimum Gasteiger partial charge on any atom is -0.466 e. The molecule has 13 nitrogen and oxygen atoms in total. The third-order valence-corrected chi connectivity index (χ3v) is 7.79. The Morgan fingerprint density at radius 3 is 2.00 bits per heavy atom. The molecule has 0 aromatic heterocycles. The van der Waals surface area contributed by atoms with Crippen molar-refractivity contribution in [2.45, 2.75) is 15.7 Å². The number of primary sulfonamides is 2. The van der Waals surface area contributed by atoms with Crippen molar-refractivity contribution in [1.29, 1.82) is 5.26 Å². The Labute approximate surface area is 222 Å². The van der Waals surface area contributed by atoms with Gasteiger partial charge in [0, 0.05) is 0 Å². The van der Waals surface area contributed by atoms with E-state index in [1.54, 1.807) is 30.3 Å². The second kappa shape index (κ2) is 10.4. The average Bonchev–Trinajstić information content (AvgIpc) is 2.85. The molecule has 0 spiro atoms. The summed E-state index contributed by atoms with van der Waals surface area (Å²) in [6, 6.07) is 11.3. The molecule has 38 heavy (non-hydrogen) atoms. The van der Waals surface area contributed by atoms with E-state index in [1.807, 2.05) is 6.07 Å². The number of carbonyl (C=O) groups excluding carboxylic acids is 2. The molecule has 0 aliphatic carbocycles. The smallest absolute Gasteiger partial charge is 0.355 e. The van der Waals surface area contributed by atoms with Crippen molar-refractivity contribution >= 4 is 49.3 Å². The van der Waals surface area contributed by atoms with Crippen LogP contribution < -0.4 is 20.9 Å². The van der Waals surface area contributed by atoms with E-state index in [2.05, 4.69) is 0 Å². The second-order valence-electron chi connectivity index (χ2n) is 7.68. The lowest BCUT2D eigenvalue weighted by molar-refractivity contribution is -0.139. The van der Waals surface area contributed by atoms with E-state index in [1.165, 1.54) is 0 Å². The van der Waals surface area contributed by atoms with Crippen molar-refractivity contribution in [3.63, 3.8) is 0 Å². The number of nitriles is 1. The molecule has 1 heterocycles. The quantitative estimate of drug-likeness (QED) is 0.398. The van der Waals surface area contributed by atoms with E-state index in [9.17, 15) is 31.7 Å². The molecular formula is C22H20ClN5O8S2. The summed E-state index contributed by atoms with van der Waals surface area (Å²) in [7, 11) is -7.30. The zero-order chi connectivity index (χ0) is 28.6. The second-order valence-corrected chi connectivity index (χ2v) is 11.1. The third kappa shape index (κ3) is 5.08. The number of anilines is 1. The lowest BCUT2D eigenvalue weighted by Crippen LogP contribution is -2.41. The highest BCUT2D eigenvalue weighted by atomic mass is 35.5. The van der Waals surface area contributed by atoms with Gasteiger partial charge in [-0.05, 0) is 17.7 Å². The van der Waals surface area contributed by atoms with Crippen molar-refractivity contribution in [2.75, 3.05) is 19.1 Å². The zero-order valence-electron chi connectivity index (χ0n) is 19.7. The Morgan fingerprint density at radius 1 is 0.974 bits per heavy atom. The first-order chi connectivity index (χ1) is 17.7.